The Labute approximate surface area is 130 Å². The number of furan rings is 1. The summed E-state index contributed by atoms with van der Waals surface area (Å²) in [7, 11) is 0. The van der Waals surface area contributed by atoms with E-state index < -0.39 is 6.10 Å². The summed E-state index contributed by atoms with van der Waals surface area (Å²) in [6.07, 6.45) is 5.88. The van der Waals surface area contributed by atoms with Crippen molar-refractivity contribution in [2.45, 2.75) is 44.4 Å². The zero-order valence-electron chi connectivity index (χ0n) is 12.6. The van der Waals surface area contributed by atoms with E-state index in [1.165, 1.54) is 25.0 Å². The van der Waals surface area contributed by atoms with Gasteiger partial charge in [-0.25, -0.2) is 4.39 Å². The van der Waals surface area contributed by atoms with Crippen LogP contribution in [0.15, 0.2) is 47.1 Å². The summed E-state index contributed by atoms with van der Waals surface area (Å²) in [5.74, 6) is 0.636. The molecule has 1 atom stereocenters. The van der Waals surface area contributed by atoms with Crippen molar-refractivity contribution in [2.24, 2.45) is 0 Å². The van der Waals surface area contributed by atoms with Crippen molar-refractivity contribution in [3.8, 4) is 0 Å². The van der Waals surface area contributed by atoms with Gasteiger partial charge in [-0.2, -0.15) is 0 Å². The highest BCUT2D eigenvalue weighted by atomic mass is 19.1. The summed E-state index contributed by atoms with van der Waals surface area (Å²) in [6, 6.07) is 10.4. The molecule has 1 aromatic heterocycles. The molecule has 0 bridgehead atoms. The molecule has 1 saturated carbocycles. The normalized spacial score (nSPS) is 17.2. The first-order valence-electron chi connectivity index (χ1n) is 7.92. The minimum absolute atomic E-state index is 0.279. The highest BCUT2D eigenvalue weighted by molar-refractivity contribution is 5.19. The van der Waals surface area contributed by atoms with Crippen LogP contribution >= 0.6 is 0 Å². The highest BCUT2D eigenvalue weighted by Gasteiger charge is 2.25. The molecule has 1 unspecified atom stereocenters. The minimum Gasteiger partial charge on any atom is -0.468 e. The standard InChI is InChI=1S/C18H22FNO2/c19-15-9-7-14(8-10-15)18(21)13-20(16-4-1-2-5-16)12-17-6-3-11-22-17/h3,6-11,16,18,21H,1-2,4-5,12-13H2. The van der Waals surface area contributed by atoms with Crippen molar-refractivity contribution >= 4 is 0 Å². The molecule has 1 aliphatic rings. The van der Waals surface area contributed by atoms with Crippen LogP contribution in [0, 0.1) is 5.82 Å². The van der Waals surface area contributed by atoms with E-state index in [-0.39, 0.29) is 5.82 Å². The van der Waals surface area contributed by atoms with Gasteiger partial charge < -0.3 is 9.52 Å². The molecule has 1 aliphatic carbocycles. The molecular weight excluding hydrogens is 281 g/mol. The fourth-order valence-electron chi connectivity index (χ4n) is 3.23. The van der Waals surface area contributed by atoms with Gasteiger partial charge in [-0.05, 0) is 42.7 Å². The Morgan fingerprint density at radius 1 is 1.18 bits per heavy atom. The molecule has 3 rings (SSSR count). The van der Waals surface area contributed by atoms with Crippen LogP contribution in [-0.4, -0.2) is 22.6 Å². The number of aliphatic hydroxyl groups is 1. The molecule has 0 amide bonds. The maximum atomic E-state index is 13.0. The quantitative estimate of drug-likeness (QED) is 0.879. The zero-order chi connectivity index (χ0) is 15.4. The van der Waals surface area contributed by atoms with Crippen molar-refractivity contribution in [1.82, 2.24) is 4.90 Å². The molecule has 1 N–H and O–H groups in total. The second-order valence-electron chi connectivity index (χ2n) is 6.01. The van der Waals surface area contributed by atoms with Gasteiger partial charge >= 0.3 is 0 Å². The molecule has 1 heterocycles. The Balaban J connectivity index is 1.69. The van der Waals surface area contributed by atoms with Crippen LogP contribution in [0.5, 0.6) is 0 Å². The van der Waals surface area contributed by atoms with Crippen molar-refractivity contribution in [3.05, 3.63) is 59.8 Å². The van der Waals surface area contributed by atoms with E-state index in [4.69, 9.17) is 4.42 Å². The zero-order valence-corrected chi connectivity index (χ0v) is 12.6. The predicted octanol–water partition coefficient (Wildman–Crippen LogP) is 3.90. The number of hydrogen-bond acceptors (Lipinski definition) is 3. The van der Waals surface area contributed by atoms with Gasteiger partial charge in [-0.15, -0.1) is 0 Å². The van der Waals surface area contributed by atoms with Gasteiger partial charge in [-0.3, -0.25) is 4.90 Å². The van der Waals surface area contributed by atoms with E-state index in [1.54, 1.807) is 18.4 Å². The second-order valence-corrected chi connectivity index (χ2v) is 6.01. The molecule has 0 saturated heterocycles. The lowest BCUT2D eigenvalue weighted by molar-refractivity contribution is 0.0779. The first kappa shape index (κ1) is 15.3. The Hall–Kier alpha value is -1.65. The van der Waals surface area contributed by atoms with Gasteiger partial charge in [0.2, 0.25) is 0 Å². The Kier molecular flexibility index (Phi) is 4.90. The molecule has 118 valence electrons. The number of nitrogens with zero attached hydrogens (tertiary/aromatic N) is 1. The number of hydrogen-bond donors (Lipinski definition) is 1. The van der Waals surface area contributed by atoms with E-state index >= 15 is 0 Å². The van der Waals surface area contributed by atoms with Gasteiger partial charge in [-0.1, -0.05) is 25.0 Å². The summed E-state index contributed by atoms with van der Waals surface area (Å²) >= 11 is 0. The maximum Gasteiger partial charge on any atom is 0.123 e. The van der Waals surface area contributed by atoms with Gasteiger partial charge in [0.15, 0.2) is 0 Å². The van der Waals surface area contributed by atoms with Crippen molar-refractivity contribution in [2.75, 3.05) is 6.54 Å². The van der Waals surface area contributed by atoms with E-state index in [0.717, 1.165) is 24.2 Å². The van der Waals surface area contributed by atoms with Crippen LogP contribution in [0.25, 0.3) is 0 Å². The largest absolute Gasteiger partial charge is 0.468 e. The molecule has 1 fully saturated rings. The fourth-order valence-corrected chi connectivity index (χ4v) is 3.23. The van der Waals surface area contributed by atoms with E-state index in [1.807, 2.05) is 12.1 Å². The lowest BCUT2D eigenvalue weighted by atomic mass is 10.1. The molecule has 4 heteroatoms. The number of halogens is 1. The van der Waals surface area contributed by atoms with Gasteiger partial charge in [0.05, 0.1) is 18.9 Å². The molecule has 1 aromatic carbocycles. The third kappa shape index (κ3) is 3.76. The molecule has 22 heavy (non-hydrogen) atoms. The summed E-state index contributed by atoms with van der Waals surface area (Å²) < 4.78 is 18.5. The van der Waals surface area contributed by atoms with Gasteiger partial charge in [0, 0.05) is 12.6 Å². The third-order valence-corrected chi connectivity index (χ3v) is 4.44. The molecule has 3 nitrogen and oxygen atoms in total. The van der Waals surface area contributed by atoms with Gasteiger partial charge in [0.25, 0.3) is 0 Å². The first-order valence-corrected chi connectivity index (χ1v) is 7.92. The smallest absolute Gasteiger partial charge is 0.123 e. The Morgan fingerprint density at radius 2 is 1.91 bits per heavy atom. The topological polar surface area (TPSA) is 36.6 Å². The maximum absolute atomic E-state index is 13.0. The van der Waals surface area contributed by atoms with Crippen LogP contribution in [-0.2, 0) is 6.54 Å². The molecule has 0 aliphatic heterocycles. The van der Waals surface area contributed by atoms with Crippen molar-refractivity contribution in [1.29, 1.82) is 0 Å². The van der Waals surface area contributed by atoms with Crippen molar-refractivity contribution in [3.63, 3.8) is 0 Å². The van der Waals surface area contributed by atoms with Crippen molar-refractivity contribution < 1.29 is 13.9 Å². The Bertz CT molecular complexity index is 561. The monoisotopic (exact) mass is 303 g/mol. The Morgan fingerprint density at radius 3 is 2.55 bits per heavy atom. The van der Waals surface area contributed by atoms with Crippen LogP contribution < -0.4 is 0 Å². The highest BCUT2D eigenvalue weighted by Crippen LogP contribution is 2.27. The lowest BCUT2D eigenvalue weighted by Gasteiger charge is -2.30. The SMILES string of the molecule is OC(CN(Cc1ccco1)C1CCCC1)c1ccc(F)cc1. The van der Waals surface area contributed by atoms with E-state index in [2.05, 4.69) is 4.90 Å². The van der Waals surface area contributed by atoms with E-state index in [9.17, 15) is 9.50 Å². The average molecular weight is 303 g/mol. The summed E-state index contributed by atoms with van der Waals surface area (Å²) in [6.45, 7) is 1.24. The van der Waals surface area contributed by atoms with Crippen LogP contribution in [0.4, 0.5) is 4.39 Å². The third-order valence-electron chi connectivity index (χ3n) is 4.44. The fraction of sp³-hybridized carbons (Fsp3) is 0.444. The molecule has 0 spiro atoms. The van der Waals surface area contributed by atoms with Crippen LogP contribution in [0.1, 0.15) is 43.1 Å². The lowest BCUT2D eigenvalue weighted by Crippen LogP contribution is -2.36. The van der Waals surface area contributed by atoms with Crippen LogP contribution in [0.2, 0.25) is 0 Å². The van der Waals surface area contributed by atoms with Gasteiger partial charge in [0.1, 0.15) is 11.6 Å². The first-order chi connectivity index (χ1) is 10.7. The molecule has 2 aromatic rings. The second kappa shape index (κ2) is 7.07. The van der Waals surface area contributed by atoms with Crippen LogP contribution in [0.3, 0.4) is 0 Å². The predicted molar refractivity (Wildman–Crippen MR) is 82.7 cm³/mol. The summed E-state index contributed by atoms with van der Waals surface area (Å²) in [4.78, 5) is 2.29. The number of aliphatic hydroxyl groups excluding tert-OH is 1. The van der Waals surface area contributed by atoms with E-state index in [0.29, 0.717) is 19.1 Å². The summed E-state index contributed by atoms with van der Waals surface area (Å²) in [5, 5.41) is 10.5. The average Bonchev–Trinajstić information content (AvgIpc) is 3.20. The minimum atomic E-state index is -0.615. The molecule has 0 radical (unpaired) electrons. The number of benzene rings is 1. The summed E-state index contributed by atoms with van der Waals surface area (Å²) in [5.41, 5.74) is 0.754. The molecular formula is C18H22FNO2. The number of rotatable bonds is 6.